The van der Waals surface area contributed by atoms with Gasteiger partial charge in [-0.1, -0.05) is 0 Å². The van der Waals surface area contributed by atoms with Crippen LogP contribution in [0.4, 0.5) is 0 Å². The minimum Gasteiger partial charge on any atom is -0.456 e. The highest BCUT2D eigenvalue weighted by molar-refractivity contribution is 5.91. The molecule has 0 saturated heterocycles. The van der Waals surface area contributed by atoms with Gasteiger partial charge in [0.25, 0.3) is 5.91 Å². The van der Waals surface area contributed by atoms with Gasteiger partial charge in [0, 0.05) is 19.9 Å². The lowest BCUT2D eigenvalue weighted by molar-refractivity contribution is 0.0995. The Kier molecular flexibility index (Phi) is 2.77. The zero-order valence-corrected chi connectivity index (χ0v) is 8.33. The number of pyridine rings is 2. The van der Waals surface area contributed by atoms with Crippen molar-refractivity contribution in [3.05, 3.63) is 48.5 Å². The number of carbonyl (C=O) groups is 1. The molecular weight excluding hydrogens is 206 g/mol. The van der Waals surface area contributed by atoms with Gasteiger partial charge in [-0.15, -0.1) is 0 Å². The second-order valence-corrected chi connectivity index (χ2v) is 3.03. The number of nitrogens with zero attached hydrogens (tertiary/aromatic N) is 2. The predicted octanol–water partition coefficient (Wildman–Crippen LogP) is 1.61. The third-order valence-corrected chi connectivity index (χ3v) is 1.85. The molecule has 0 radical (unpaired) electrons. The molecule has 0 fully saturated rings. The van der Waals surface area contributed by atoms with Gasteiger partial charge in [0.2, 0.25) is 0 Å². The summed E-state index contributed by atoms with van der Waals surface area (Å²) in [6, 6.07) is 6.64. The van der Waals surface area contributed by atoms with E-state index < -0.39 is 5.91 Å². The van der Waals surface area contributed by atoms with Gasteiger partial charge in [0.1, 0.15) is 17.2 Å². The van der Waals surface area contributed by atoms with Crippen LogP contribution in [0.3, 0.4) is 0 Å². The minimum atomic E-state index is -0.586. The van der Waals surface area contributed by atoms with Gasteiger partial charge >= 0.3 is 0 Å². The lowest BCUT2D eigenvalue weighted by Crippen LogP contribution is -2.12. The van der Waals surface area contributed by atoms with Crippen LogP contribution in [0.1, 0.15) is 11.9 Å². The first-order valence-corrected chi connectivity index (χ1v) is 4.59. The number of primary amides is 1. The Bertz CT molecular complexity index is 505. The molecule has 82 valence electrons. The van der Waals surface area contributed by atoms with Crippen molar-refractivity contribution >= 4 is 5.91 Å². The van der Waals surface area contributed by atoms with Crippen molar-refractivity contribution in [3.8, 4) is 11.5 Å². The molecular formula is C11H11N3O2. The maximum Gasteiger partial charge on any atom is 0.267 e. The average molecular weight is 217 g/mol. The summed E-state index contributed by atoms with van der Waals surface area (Å²) in [6.07, 6.45) is 4.68. The summed E-state index contributed by atoms with van der Waals surface area (Å²) in [4.78, 5) is 18.6. The van der Waals surface area contributed by atoms with E-state index in [0.29, 0.717) is 11.5 Å². The highest BCUT2D eigenvalue weighted by atomic mass is 16.5. The van der Waals surface area contributed by atoms with Crippen molar-refractivity contribution in [2.45, 2.75) is 0 Å². The Labute approximate surface area is 93.4 Å². The fourth-order valence-corrected chi connectivity index (χ4v) is 1.15. The molecule has 2 aromatic rings. The molecule has 1 amide bonds. The standard InChI is InChI=1S/C11H9N3O2.H2/c12-11(15)10-6-8(3-5-14-10)16-9-2-1-4-13-7-9;/h1-7H,(H2,12,15);1H. The summed E-state index contributed by atoms with van der Waals surface area (Å²) >= 11 is 0. The predicted molar refractivity (Wildman–Crippen MR) is 59.2 cm³/mol. The van der Waals surface area contributed by atoms with E-state index in [1.165, 1.54) is 12.3 Å². The molecule has 0 bridgehead atoms. The molecule has 2 rings (SSSR count). The Morgan fingerprint density at radius 1 is 1.31 bits per heavy atom. The first-order valence-electron chi connectivity index (χ1n) is 4.59. The van der Waals surface area contributed by atoms with Crippen molar-refractivity contribution in [2.75, 3.05) is 0 Å². The lowest BCUT2D eigenvalue weighted by atomic mass is 10.3. The number of nitrogens with two attached hydrogens (primary N) is 1. The van der Waals surface area contributed by atoms with E-state index in [-0.39, 0.29) is 7.12 Å². The van der Waals surface area contributed by atoms with Gasteiger partial charge in [-0.25, -0.2) is 0 Å². The van der Waals surface area contributed by atoms with Crippen molar-refractivity contribution in [1.29, 1.82) is 0 Å². The quantitative estimate of drug-likeness (QED) is 0.847. The summed E-state index contributed by atoms with van der Waals surface area (Å²) in [7, 11) is 0. The van der Waals surface area contributed by atoms with Crippen LogP contribution in [0, 0.1) is 0 Å². The molecule has 0 saturated carbocycles. The van der Waals surface area contributed by atoms with E-state index in [0.717, 1.165) is 0 Å². The Hall–Kier alpha value is -2.43. The lowest BCUT2D eigenvalue weighted by Gasteiger charge is -2.04. The minimum absolute atomic E-state index is 0. The van der Waals surface area contributed by atoms with Gasteiger partial charge in [0.05, 0.1) is 6.20 Å². The highest BCUT2D eigenvalue weighted by Crippen LogP contribution is 2.19. The normalized spacial score (nSPS) is 9.75. The Morgan fingerprint density at radius 3 is 2.88 bits per heavy atom. The van der Waals surface area contributed by atoms with Crippen LogP contribution in [0.15, 0.2) is 42.9 Å². The van der Waals surface area contributed by atoms with E-state index in [4.69, 9.17) is 10.5 Å². The van der Waals surface area contributed by atoms with Gasteiger partial charge in [-0.3, -0.25) is 14.8 Å². The summed E-state index contributed by atoms with van der Waals surface area (Å²) < 4.78 is 5.46. The number of amides is 1. The van der Waals surface area contributed by atoms with E-state index in [9.17, 15) is 4.79 Å². The molecule has 0 unspecified atom stereocenters. The highest BCUT2D eigenvalue weighted by Gasteiger charge is 2.04. The monoisotopic (exact) mass is 217 g/mol. The number of hydrogen-bond donors (Lipinski definition) is 1. The third-order valence-electron chi connectivity index (χ3n) is 1.85. The van der Waals surface area contributed by atoms with Crippen molar-refractivity contribution in [1.82, 2.24) is 9.97 Å². The molecule has 0 atom stereocenters. The SMILES string of the molecule is NC(=O)c1cc(Oc2cccnc2)ccn1.[HH]. The van der Waals surface area contributed by atoms with Gasteiger partial charge in [-0.2, -0.15) is 0 Å². The first kappa shape index (κ1) is 10.1. The third kappa shape index (κ3) is 2.33. The molecule has 0 aliphatic heterocycles. The van der Waals surface area contributed by atoms with Crippen LogP contribution in [-0.4, -0.2) is 15.9 Å². The van der Waals surface area contributed by atoms with E-state index in [2.05, 4.69) is 9.97 Å². The average Bonchev–Trinajstić information content (AvgIpc) is 2.30. The molecule has 16 heavy (non-hydrogen) atoms. The fraction of sp³-hybridized carbons (Fsp3) is 0. The van der Waals surface area contributed by atoms with Crippen LogP contribution in [0.5, 0.6) is 11.5 Å². The Balaban J connectivity index is 0.00000144. The van der Waals surface area contributed by atoms with E-state index in [1.807, 2.05) is 0 Å². The maximum atomic E-state index is 10.9. The number of hydrogen-bond acceptors (Lipinski definition) is 4. The van der Waals surface area contributed by atoms with Crippen LogP contribution in [-0.2, 0) is 0 Å². The second-order valence-electron chi connectivity index (χ2n) is 3.03. The number of aromatic nitrogens is 2. The molecule has 2 aromatic heterocycles. The van der Waals surface area contributed by atoms with Crippen molar-refractivity contribution < 1.29 is 11.0 Å². The maximum absolute atomic E-state index is 10.9. The summed E-state index contributed by atoms with van der Waals surface area (Å²) in [6.45, 7) is 0. The summed E-state index contributed by atoms with van der Waals surface area (Å²) in [5.41, 5.74) is 5.27. The summed E-state index contributed by atoms with van der Waals surface area (Å²) in [5.74, 6) is 0.498. The fourth-order valence-electron chi connectivity index (χ4n) is 1.15. The van der Waals surface area contributed by atoms with Gasteiger partial charge in [-0.05, 0) is 18.2 Å². The van der Waals surface area contributed by atoms with E-state index in [1.54, 1.807) is 30.6 Å². The van der Waals surface area contributed by atoms with Crippen molar-refractivity contribution in [2.24, 2.45) is 5.73 Å². The van der Waals surface area contributed by atoms with E-state index >= 15 is 0 Å². The number of rotatable bonds is 3. The zero-order valence-electron chi connectivity index (χ0n) is 8.33. The molecule has 5 heteroatoms. The van der Waals surface area contributed by atoms with Gasteiger partial charge < -0.3 is 10.5 Å². The molecule has 5 nitrogen and oxygen atoms in total. The largest absolute Gasteiger partial charge is 0.456 e. The molecule has 2 heterocycles. The van der Waals surface area contributed by atoms with Gasteiger partial charge in [0.15, 0.2) is 0 Å². The van der Waals surface area contributed by atoms with Crippen LogP contribution in [0.2, 0.25) is 0 Å². The Morgan fingerprint density at radius 2 is 2.19 bits per heavy atom. The summed E-state index contributed by atoms with van der Waals surface area (Å²) in [5, 5.41) is 0. The molecule has 0 aliphatic carbocycles. The zero-order chi connectivity index (χ0) is 11.4. The first-order chi connectivity index (χ1) is 7.75. The van der Waals surface area contributed by atoms with Crippen LogP contribution >= 0.6 is 0 Å². The molecule has 0 spiro atoms. The molecule has 2 N–H and O–H groups in total. The molecule has 0 aromatic carbocycles. The number of carbonyl (C=O) groups excluding carboxylic acids is 1. The number of ether oxygens (including phenoxy) is 1. The topological polar surface area (TPSA) is 78.1 Å². The molecule has 0 aliphatic rings. The van der Waals surface area contributed by atoms with Crippen LogP contribution < -0.4 is 10.5 Å². The smallest absolute Gasteiger partial charge is 0.267 e. The second kappa shape index (κ2) is 4.39. The van der Waals surface area contributed by atoms with Crippen molar-refractivity contribution in [3.63, 3.8) is 0 Å². The van der Waals surface area contributed by atoms with Crippen LogP contribution in [0.25, 0.3) is 0 Å².